The number of para-hydroxylation sites is 1. The van der Waals surface area contributed by atoms with Gasteiger partial charge in [0.05, 0.1) is 11.7 Å². The Hall–Kier alpha value is -1.95. The van der Waals surface area contributed by atoms with E-state index in [0.717, 1.165) is 0 Å². The molecule has 2 N–H and O–H groups in total. The molecule has 5 nitrogen and oxygen atoms in total. The van der Waals surface area contributed by atoms with Gasteiger partial charge in [-0.25, -0.2) is 4.39 Å². The predicted octanol–water partition coefficient (Wildman–Crippen LogP) is 1.13. The minimum Gasteiger partial charge on any atom is -0.332 e. The number of amides is 2. The number of nitrogens with two attached hydrogens (primary N) is 1. The maximum atomic E-state index is 13.8. The van der Waals surface area contributed by atoms with E-state index in [-0.39, 0.29) is 17.5 Å². The number of likely N-dealkylation sites (N-methyl/N-ethyl adjacent to an activating group) is 1. The first-order valence-corrected chi connectivity index (χ1v) is 7.05. The van der Waals surface area contributed by atoms with Crippen LogP contribution in [0.15, 0.2) is 24.3 Å². The van der Waals surface area contributed by atoms with Gasteiger partial charge in [-0.05, 0) is 25.0 Å². The van der Waals surface area contributed by atoms with Crippen LogP contribution in [-0.2, 0) is 9.59 Å². The number of hydrogen-bond acceptors (Lipinski definition) is 3. The van der Waals surface area contributed by atoms with Crippen molar-refractivity contribution in [1.82, 2.24) is 4.90 Å². The van der Waals surface area contributed by atoms with Crippen molar-refractivity contribution < 1.29 is 14.0 Å². The molecule has 0 bridgehead atoms. The minimum absolute atomic E-state index is 0.255. The summed E-state index contributed by atoms with van der Waals surface area (Å²) in [4.78, 5) is 27.3. The van der Waals surface area contributed by atoms with E-state index < -0.39 is 17.9 Å². The van der Waals surface area contributed by atoms with Crippen LogP contribution in [0.4, 0.5) is 10.1 Å². The Bertz CT molecular complexity index is 549. The molecule has 1 heterocycles. The van der Waals surface area contributed by atoms with Gasteiger partial charge in [0.2, 0.25) is 11.8 Å². The summed E-state index contributed by atoms with van der Waals surface area (Å²) in [5.74, 6) is -0.962. The number of hydrogen-bond donors (Lipinski definition) is 1. The monoisotopic (exact) mass is 293 g/mol. The normalized spacial score (nSPS) is 19.7. The third kappa shape index (κ3) is 2.90. The smallest absolute Gasteiger partial charge is 0.249 e. The first-order chi connectivity index (χ1) is 9.97. The van der Waals surface area contributed by atoms with Gasteiger partial charge in [-0.2, -0.15) is 0 Å². The minimum atomic E-state index is -0.606. The average Bonchev–Trinajstić information content (AvgIpc) is 2.87. The second kappa shape index (κ2) is 6.22. The molecule has 1 aromatic rings. The molecule has 0 saturated carbocycles. The Morgan fingerprint density at radius 1 is 1.52 bits per heavy atom. The number of carbonyl (C=O) groups is 2. The molecular weight excluding hydrogens is 273 g/mol. The maximum Gasteiger partial charge on any atom is 0.249 e. The Balaban J connectivity index is 2.15. The molecule has 0 aromatic heterocycles. The largest absolute Gasteiger partial charge is 0.332 e. The maximum absolute atomic E-state index is 13.8. The average molecular weight is 293 g/mol. The fraction of sp³-hybridized carbons (Fsp3) is 0.467. The van der Waals surface area contributed by atoms with Gasteiger partial charge in [0.25, 0.3) is 0 Å². The number of nitrogens with zero attached hydrogens (tertiary/aromatic N) is 2. The van der Waals surface area contributed by atoms with Crippen molar-refractivity contribution in [2.24, 2.45) is 5.73 Å². The van der Waals surface area contributed by atoms with E-state index in [0.29, 0.717) is 19.4 Å². The lowest BCUT2D eigenvalue weighted by Gasteiger charge is -2.26. The van der Waals surface area contributed by atoms with Gasteiger partial charge in [0.1, 0.15) is 11.9 Å². The highest BCUT2D eigenvalue weighted by atomic mass is 19.1. The van der Waals surface area contributed by atoms with Crippen molar-refractivity contribution in [1.29, 1.82) is 0 Å². The van der Waals surface area contributed by atoms with Gasteiger partial charge in [-0.15, -0.1) is 0 Å². The third-order valence-corrected chi connectivity index (χ3v) is 3.89. The van der Waals surface area contributed by atoms with Crippen LogP contribution in [0.2, 0.25) is 0 Å². The molecule has 0 spiro atoms. The van der Waals surface area contributed by atoms with E-state index in [4.69, 9.17) is 5.73 Å². The van der Waals surface area contributed by atoms with Gasteiger partial charge in [-0.1, -0.05) is 19.1 Å². The summed E-state index contributed by atoms with van der Waals surface area (Å²) in [5.41, 5.74) is 5.98. The number of benzene rings is 1. The van der Waals surface area contributed by atoms with Crippen molar-refractivity contribution in [3.63, 3.8) is 0 Å². The molecule has 114 valence electrons. The summed E-state index contributed by atoms with van der Waals surface area (Å²) in [6.07, 6.45) is 0.993. The van der Waals surface area contributed by atoms with Gasteiger partial charge in [0.15, 0.2) is 0 Å². The zero-order chi connectivity index (χ0) is 15.6. The van der Waals surface area contributed by atoms with Crippen LogP contribution in [0, 0.1) is 5.82 Å². The Kier molecular flexibility index (Phi) is 4.57. The molecule has 0 aliphatic carbocycles. The van der Waals surface area contributed by atoms with E-state index in [1.165, 1.54) is 15.9 Å². The number of carbonyl (C=O) groups excluding carboxylic acids is 2. The van der Waals surface area contributed by atoms with Gasteiger partial charge in [-0.3, -0.25) is 9.59 Å². The molecule has 1 saturated heterocycles. The quantitative estimate of drug-likeness (QED) is 0.905. The summed E-state index contributed by atoms with van der Waals surface area (Å²) >= 11 is 0. The Labute approximate surface area is 123 Å². The molecule has 21 heavy (non-hydrogen) atoms. The second-order valence-corrected chi connectivity index (χ2v) is 5.21. The summed E-state index contributed by atoms with van der Waals surface area (Å²) in [7, 11) is 1.57. The standard InChI is InChI=1S/C15H20FN3O2/c1-3-11(17)14(20)18(2)13-8-9-19(15(13)21)12-7-5-4-6-10(12)16/h4-7,11,13H,3,8-9,17H2,1-2H3/t11-,13-/m0/s1. The van der Waals surface area contributed by atoms with Crippen molar-refractivity contribution in [2.45, 2.75) is 31.8 Å². The highest BCUT2D eigenvalue weighted by Crippen LogP contribution is 2.26. The molecule has 0 radical (unpaired) electrons. The summed E-state index contributed by atoms with van der Waals surface area (Å²) < 4.78 is 13.8. The lowest BCUT2D eigenvalue weighted by molar-refractivity contribution is -0.137. The van der Waals surface area contributed by atoms with Crippen LogP contribution >= 0.6 is 0 Å². The first kappa shape index (κ1) is 15.4. The second-order valence-electron chi connectivity index (χ2n) is 5.21. The number of rotatable bonds is 4. The highest BCUT2D eigenvalue weighted by molar-refractivity contribution is 6.01. The molecule has 1 aliphatic rings. The molecule has 2 atom stereocenters. The lowest BCUT2D eigenvalue weighted by atomic mass is 10.1. The van der Waals surface area contributed by atoms with E-state index in [1.54, 1.807) is 25.2 Å². The molecule has 6 heteroatoms. The van der Waals surface area contributed by atoms with E-state index >= 15 is 0 Å². The molecule has 0 unspecified atom stereocenters. The van der Waals surface area contributed by atoms with Crippen LogP contribution < -0.4 is 10.6 Å². The topological polar surface area (TPSA) is 66.6 Å². The van der Waals surface area contributed by atoms with Crippen molar-refractivity contribution >= 4 is 17.5 Å². The van der Waals surface area contributed by atoms with Crippen molar-refractivity contribution in [2.75, 3.05) is 18.5 Å². The fourth-order valence-electron chi connectivity index (χ4n) is 2.52. The summed E-state index contributed by atoms with van der Waals surface area (Å²) in [6, 6.07) is 4.96. The summed E-state index contributed by atoms with van der Waals surface area (Å²) in [5, 5.41) is 0. The molecule has 1 aromatic carbocycles. The van der Waals surface area contributed by atoms with Crippen molar-refractivity contribution in [3.8, 4) is 0 Å². The van der Waals surface area contributed by atoms with E-state index in [1.807, 2.05) is 6.92 Å². The summed E-state index contributed by atoms with van der Waals surface area (Å²) in [6.45, 7) is 2.21. The molecule has 2 amide bonds. The van der Waals surface area contributed by atoms with E-state index in [2.05, 4.69) is 0 Å². The van der Waals surface area contributed by atoms with Crippen LogP contribution in [0.25, 0.3) is 0 Å². The fourth-order valence-corrected chi connectivity index (χ4v) is 2.52. The SMILES string of the molecule is CC[C@H](N)C(=O)N(C)[C@H]1CCN(c2ccccc2F)C1=O. The molecular formula is C15H20FN3O2. The molecule has 2 rings (SSSR count). The van der Waals surface area contributed by atoms with Crippen LogP contribution in [-0.4, -0.2) is 42.4 Å². The van der Waals surface area contributed by atoms with Gasteiger partial charge >= 0.3 is 0 Å². The van der Waals surface area contributed by atoms with Crippen LogP contribution in [0.3, 0.4) is 0 Å². The Morgan fingerprint density at radius 3 is 2.81 bits per heavy atom. The lowest BCUT2D eigenvalue weighted by Crippen LogP contribution is -2.49. The zero-order valence-corrected chi connectivity index (χ0v) is 12.3. The molecule has 1 fully saturated rings. The highest BCUT2D eigenvalue weighted by Gasteiger charge is 2.38. The predicted molar refractivity (Wildman–Crippen MR) is 78.2 cm³/mol. The van der Waals surface area contributed by atoms with Gasteiger partial charge < -0.3 is 15.5 Å². The van der Waals surface area contributed by atoms with E-state index in [9.17, 15) is 14.0 Å². The van der Waals surface area contributed by atoms with Crippen LogP contribution in [0.1, 0.15) is 19.8 Å². The van der Waals surface area contributed by atoms with Gasteiger partial charge in [0, 0.05) is 13.6 Å². The molecule has 1 aliphatic heterocycles. The third-order valence-electron chi connectivity index (χ3n) is 3.89. The van der Waals surface area contributed by atoms with Crippen LogP contribution in [0.5, 0.6) is 0 Å². The zero-order valence-electron chi connectivity index (χ0n) is 12.3. The van der Waals surface area contributed by atoms with Crippen molar-refractivity contribution in [3.05, 3.63) is 30.1 Å². The Morgan fingerprint density at radius 2 is 2.19 bits per heavy atom. The number of anilines is 1. The number of halogens is 1. The first-order valence-electron chi connectivity index (χ1n) is 7.05.